The molecule has 0 fully saturated rings. The van der Waals surface area contributed by atoms with Crippen LogP contribution in [0.2, 0.25) is 5.02 Å². The minimum absolute atomic E-state index is 0.777. The van der Waals surface area contributed by atoms with E-state index >= 15 is 0 Å². The molecule has 1 aliphatic heterocycles. The Hall–Kier alpha value is -1.60. The van der Waals surface area contributed by atoms with Crippen LogP contribution >= 0.6 is 11.6 Å². The van der Waals surface area contributed by atoms with Crippen LogP contribution in [0.25, 0.3) is 0 Å². The maximum Gasteiger partial charge on any atom is 0.0722 e. The molecule has 1 nitrogen and oxygen atoms in total. The van der Waals surface area contributed by atoms with Gasteiger partial charge in [0.2, 0.25) is 0 Å². The summed E-state index contributed by atoms with van der Waals surface area (Å²) < 4.78 is 0. The monoisotopic (exact) mass is 255 g/mol. The molecule has 0 aromatic heterocycles. The second-order valence-electron chi connectivity index (χ2n) is 4.50. The van der Waals surface area contributed by atoms with Crippen molar-refractivity contribution in [3.8, 4) is 0 Å². The van der Waals surface area contributed by atoms with Crippen molar-refractivity contribution in [2.45, 2.75) is 12.8 Å². The zero-order valence-electron chi connectivity index (χ0n) is 10.1. The first-order valence-corrected chi connectivity index (χ1v) is 6.61. The van der Waals surface area contributed by atoms with E-state index in [0.29, 0.717) is 0 Å². The fourth-order valence-corrected chi connectivity index (χ4v) is 2.55. The number of aliphatic imine (C=N–C) groups is 1. The van der Waals surface area contributed by atoms with E-state index in [-0.39, 0.29) is 0 Å². The first kappa shape index (κ1) is 11.5. The van der Waals surface area contributed by atoms with E-state index in [9.17, 15) is 0 Å². The number of aryl methyl sites for hydroxylation is 1. The summed E-state index contributed by atoms with van der Waals surface area (Å²) in [5, 5.41) is 0.777. The number of hydrogen-bond donors (Lipinski definition) is 0. The van der Waals surface area contributed by atoms with Gasteiger partial charge in [0.25, 0.3) is 0 Å². The van der Waals surface area contributed by atoms with Crippen molar-refractivity contribution < 1.29 is 0 Å². The van der Waals surface area contributed by atoms with Gasteiger partial charge < -0.3 is 0 Å². The molecule has 1 aliphatic rings. The quantitative estimate of drug-likeness (QED) is 0.727. The molecule has 2 heteroatoms. The Morgan fingerprint density at radius 1 is 1.00 bits per heavy atom. The van der Waals surface area contributed by atoms with E-state index in [1.807, 2.05) is 30.3 Å². The highest BCUT2D eigenvalue weighted by atomic mass is 35.5. The number of benzene rings is 2. The first-order chi connectivity index (χ1) is 8.84. The van der Waals surface area contributed by atoms with Gasteiger partial charge in [-0.25, -0.2) is 0 Å². The smallest absolute Gasteiger partial charge is 0.0722 e. The van der Waals surface area contributed by atoms with E-state index in [1.54, 1.807) is 0 Å². The van der Waals surface area contributed by atoms with Gasteiger partial charge >= 0.3 is 0 Å². The zero-order valence-corrected chi connectivity index (χ0v) is 10.8. The second kappa shape index (κ2) is 4.95. The molecular weight excluding hydrogens is 242 g/mol. The topological polar surface area (TPSA) is 12.4 Å². The Bertz CT molecular complexity index is 587. The van der Waals surface area contributed by atoms with Crippen LogP contribution in [0.1, 0.15) is 23.1 Å². The van der Waals surface area contributed by atoms with Gasteiger partial charge in [-0.1, -0.05) is 48.0 Å². The number of rotatable bonds is 1. The molecule has 2 aromatic rings. The Morgan fingerprint density at radius 2 is 1.83 bits per heavy atom. The summed E-state index contributed by atoms with van der Waals surface area (Å²) in [5.41, 5.74) is 4.78. The summed E-state index contributed by atoms with van der Waals surface area (Å²) in [5.74, 6) is 0. The predicted octanol–water partition coefficient (Wildman–Crippen LogP) is 4.12. The van der Waals surface area contributed by atoms with Gasteiger partial charge in [0, 0.05) is 22.7 Å². The van der Waals surface area contributed by atoms with Crippen molar-refractivity contribution in [1.82, 2.24) is 0 Å². The SMILES string of the molecule is Clc1ccc2c(c1)C(c1ccccc1)=NCCC2. The molecule has 0 saturated carbocycles. The molecule has 1 heterocycles. The van der Waals surface area contributed by atoms with Crippen LogP contribution in [0, 0.1) is 0 Å². The molecule has 3 rings (SSSR count). The van der Waals surface area contributed by atoms with Crippen LogP contribution in [-0.4, -0.2) is 12.3 Å². The Balaban J connectivity index is 2.16. The van der Waals surface area contributed by atoms with Crippen molar-refractivity contribution in [1.29, 1.82) is 0 Å². The largest absolute Gasteiger partial charge is 0.284 e. The van der Waals surface area contributed by atoms with Crippen LogP contribution in [-0.2, 0) is 6.42 Å². The van der Waals surface area contributed by atoms with E-state index in [0.717, 1.165) is 30.1 Å². The lowest BCUT2D eigenvalue weighted by Gasteiger charge is -2.10. The third-order valence-corrected chi connectivity index (χ3v) is 3.48. The summed E-state index contributed by atoms with van der Waals surface area (Å²) in [6.45, 7) is 0.885. The number of halogens is 1. The number of hydrogen-bond acceptors (Lipinski definition) is 1. The lowest BCUT2D eigenvalue weighted by atomic mass is 9.96. The molecule has 90 valence electrons. The summed E-state index contributed by atoms with van der Waals surface area (Å²) >= 11 is 6.13. The Morgan fingerprint density at radius 3 is 2.67 bits per heavy atom. The Kier molecular flexibility index (Phi) is 3.16. The average Bonchev–Trinajstić information content (AvgIpc) is 2.61. The van der Waals surface area contributed by atoms with Gasteiger partial charge in [0.15, 0.2) is 0 Å². The van der Waals surface area contributed by atoms with Crippen LogP contribution in [0.4, 0.5) is 0 Å². The minimum Gasteiger partial charge on any atom is -0.284 e. The van der Waals surface area contributed by atoms with E-state index in [4.69, 9.17) is 16.6 Å². The molecule has 0 N–H and O–H groups in total. The molecule has 0 aliphatic carbocycles. The van der Waals surface area contributed by atoms with Crippen LogP contribution in [0.15, 0.2) is 53.5 Å². The molecule has 0 saturated heterocycles. The van der Waals surface area contributed by atoms with E-state index < -0.39 is 0 Å². The normalized spacial score (nSPS) is 14.6. The first-order valence-electron chi connectivity index (χ1n) is 6.23. The van der Waals surface area contributed by atoms with Crippen molar-refractivity contribution in [3.05, 3.63) is 70.2 Å². The van der Waals surface area contributed by atoms with Crippen molar-refractivity contribution in [3.63, 3.8) is 0 Å². The Labute approximate surface area is 112 Å². The van der Waals surface area contributed by atoms with Crippen molar-refractivity contribution >= 4 is 17.3 Å². The molecule has 0 atom stereocenters. The molecule has 0 unspecified atom stereocenters. The fraction of sp³-hybridized carbons (Fsp3) is 0.188. The van der Waals surface area contributed by atoms with Crippen LogP contribution < -0.4 is 0 Å². The minimum atomic E-state index is 0.777. The third-order valence-electron chi connectivity index (χ3n) is 3.25. The van der Waals surface area contributed by atoms with Crippen molar-refractivity contribution in [2.75, 3.05) is 6.54 Å². The maximum absolute atomic E-state index is 6.13. The zero-order chi connectivity index (χ0) is 12.4. The number of nitrogens with zero attached hydrogens (tertiary/aromatic N) is 1. The predicted molar refractivity (Wildman–Crippen MR) is 76.7 cm³/mol. The molecule has 0 amide bonds. The summed E-state index contributed by atoms with van der Waals surface area (Å²) in [7, 11) is 0. The maximum atomic E-state index is 6.13. The fourth-order valence-electron chi connectivity index (χ4n) is 2.38. The highest BCUT2D eigenvalue weighted by Crippen LogP contribution is 2.23. The lowest BCUT2D eigenvalue weighted by molar-refractivity contribution is 0.845. The molecule has 2 aromatic carbocycles. The van der Waals surface area contributed by atoms with Crippen LogP contribution in [0.5, 0.6) is 0 Å². The van der Waals surface area contributed by atoms with Gasteiger partial charge in [-0.3, -0.25) is 4.99 Å². The van der Waals surface area contributed by atoms with Gasteiger partial charge in [0.05, 0.1) is 5.71 Å². The second-order valence-corrected chi connectivity index (χ2v) is 4.94. The van der Waals surface area contributed by atoms with E-state index in [1.165, 1.54) is 16.7 Å². The standard InChI is InChI=1S/C16H14ClN/c17-14-9-8-12-7-4-10-18-16(15(12)11-14)13-5-2-1-3-6-13/h1-3,5-6,8-9,11H,4,7,10H2. The number of fused-ring (bicyclic) bond motifs is 1. The molecule has 18 heavy (non-hydrogen) atoms. The molecular formula is C16H14ClN. The molecule has 0 spiro atoms. The highest BCUT2D eigenvalue weighted by molar-refractivity contribution is 6.31. The van der Waals surface area contributed by atoms with Gasteiger partial charge in [0.1, 0.15) is 0 Å². The summed E-state index contributed by atoms with van der Waals surface area (Å²) in [6, 6.07) is 16.5. The molecule has 0 radical (unpaired) electrons. The van der Waals surface area contributed by atoms with Crippen molar-refractivity contribution in [2.24, 2.45) is 4.99 Å². The molecule has 0 bridgehead atoms. The van der Waals surface area contributed by atoms with Gasteiger partial charge in [-0.15, -0.1) is 0 Å². The van der Waals surface area contributed by atoms with Crippen LogP contribution in [0.3, 0.4) is 0 Å². The lowest BCUT2D eigenvalue weighted by Crippen LogP contribution is -2.05. The summed E-state index contributed by atoms with van der Waals surface area (Å²) in [4.78, 5) is 4.73. The summed E-state index contributed by atoms with van der Waals surface area (Å²) in [6.07, 6.45) is 2.18. The van der Waals surface area contributed by atoms with Gasteiger partial charge in [-0.05, 0) is 30.5 Å². The average molecular weight is 256 g/mol. The third kappa shape index (κ3) is 2.19. The van der Waals surface area contributed by atoms with Gasteiger partial charge in [-0.2, -0.15) is 0 Å². The highest BCUT2D eigenvalue weighted by Gasteiger charge is 2.14. The van der Waals surface area contributed by atoms with E-state index in [2.05, 4.69) is 18.2 Å².